The molecule has 1 N–H and O–H groups in total. The van der Waals surface area contributed by atoms with Crippen molar-refractivity contribution in [1.29, 1.82) is 0 Å². The summed E-state index contributed by atoms with van der Waals surface area (Å²) < 4.78 is 5.13. The molecule has 2 aromatic rings. The van der Waals surface area contributed by atoms with Crippen molar-refractivity contribution in [2.75, 3.05) is 7.11 Å². The third-order valence-electron chi connectivity index (χ3n) is 2.51. The number of carbonyl (C=O) groups excluding carboxylic acids is 1. The molecule has 0 heterocycles. The van der Waals surface area contributed by atoms with Crippen LogP contribution in [0.15, 0.2) is 42.5 Å². The molecule has 2 aromatic carbocycles. The van der Waals surface area contributed by atoms with Crippen LogP contribution in [-0.4, -0.2) is 18.0 Å². The molecular formula is C14H11ClO3. The molecule has 3 nitrogen and oxygen atoms in total. The lowest BCUT2D eigenvalue weighted by Gasteiger charge is -2.08. The van der Waals surface area contributed by atoms with Gasteiger partial charge in [-0.2, -0.15) is 0 Å². The van der Waals surface area contributed by atoms with Crippen LogP contribution in [0.4, 0.5) is 0 Å². The Balaban J connectivity index is 2.48. The van der Waals surface area contributed by atoms with Crippen LogP contribution in [-0.2, 0) is 0 Å². The SMILES string of the molecule is COc1ccc(Cl)cc1C(=O)c1cccc(O)c1. The van der Waals surface area contributed by atoms with Gasteiger partial charge in [-0.3, -0.25) is 4.79 Å². The zero-order valence-corrected chi connectivity index (χ0v) is 10.4. The van der Waals surface area contributed by atoms with Crippen LogP contribution in [0, 0.1) is 0 Å². The summed E-state index contributed by atoms with van der Waals surface area (Å²) in [6.45, 7) is 0. The van der Waals surface area contributed by atoms with E-state index in [0.717, 1.165) is 0 Å². The maximum Gasteiger partial charge on any atom is 0.196 e. The van der Waals surface area contributed by atoms with E-state index in [1.807, 2.05) is 0 Å². The van der Waals surface area contributed by atoms with Crippen molar-refractivity contribution in [2.24, 2.45) is 0 Å². The van der Waals surface area contributed by atoms with Crippen molar-refractivity contribution in [1.82, 2.24) is 0 Å². The topological polar surface area (TPSA) is 46.5 Å². The number of carbonyl (C=O) groups is 1. The van der Waals surface area contributed by atoms with Crippen LogP contribution in [0.3, 0.4) is 0 Å². The molecule has 0 radical (unpaired) electrons. The van der Waals surface area contributed by atoms with Gasteiger partial charge in [0.05, 0.1) is 12.7 Å². The summed E-state index contributed by atoms with van der Waals surface area (Å²) in [6, 6.07) is 11.0. The van der Waals surface area contributed by atoms with Crippen LogP contribution in [0.2, 0.25) is 5.02 Å². The third kappa shape index (κ3) is 2.46. The number of ether oxygens (including phenoxy) is 1. The average Bonchev–Trinajstić information content (AvgIpc) is 2.38. The van der Waals surface area contributed by atoms with E-state index in [1.165, 1.54) is 19.2 Å². The molecule has 0 spiro atoms. The van der Waals surface area contributed by atoms with Gasteiger partial charge >= 0.3 is 0 Å². The Morgan fingerprint density at radius 3 is 2.67 bits per heavy atom. The summed E-state index contributed by atoms with van der Waals surface area (Å²) in [6.07, 6.45) is 0. The highest BCUT2D eigenvalue weighted by Gasteiger charge is 2.15. The number of hydrogen-bond acceptors (Lipinski definition) is 3. The maximum absolute atomic E-state index is 12.3. The number of rotatable bonds is 3. The minimum Gasteiger partial charge on any atom is -0.508 e. The predicted molar refractivity (Wildman–Crippen MR) is 69.5 cm³/mol. The molecule has 0 bridgehead atoms. The predicted octanol–water partition coefficient (Wildman–Crippen LogP) is 3.29. The number of methoxy groups -OCH3 is 1. The first kappa shape index (κ1) is 12.5. The largest absolute Gasteiger partial charge is 0.508 e. The number of benzene rings is 2. The molecule has 0 saturated carbocycles. The first-order chi connectivity index (χ1) is 8.61. The van der Waals surface area contributed by atoms with Crippen LogP contribution in [0.5, 0.6) is 11.5 Å². The van der Waals surface area contributed by atoms with Crippen LogP contribution >= 0.6 is 11.6 Å². The number of aromatic hydroxyl groups is 1. The molecule has 0 amide bonds. The van der Waals surface area contributed by atoms with Crippen molar-refractivity contribution in [3.8, 4) is 11.5 Å². The second-order valence-electron chi connectivity index (χ2n) is 3.72. The molecule has 0 atom stereocenters. The van der Waals surface area contributed by atoms with Gasteiger partial charge in [0.15, 0.2) is 5.78 Å². The lowest BCUT2D eigenvalue weighted by molar-refractivity contribution is 0.103. The number of phenolic OH excluding ortho intramolecular Hbond substituents is 1. The van der Waals surface area contributed by atoms with E-state index in [4.69, 9.17) is 16.3 Å². The highest BCUT2D eigenvalue weighted by molar-refractivity contribution is 6.31. The molecule has 0 aliphatic rings. The van der Waals surface area contributed by atoms with Crippen LogP contribution in [0.1, 0.15) is 15.9 Å². The first-order valence-corrected chi connectivity index (χ1v) is 5.67. The Morgan fingerprint density at radius 2 is 2.00 bits per heavy atom. The Bertz CT molecular complexity index is 593. The summed E-state index contributed by atoms with van der Waals surface area (Å²) in [4.78, 5) is 12.3. The fourth-order valence-electron chi connectivity index (χ4n) is 1.66. The molecular weight excluding hydrogens is 252 g/mol. The van der Waals surface area contributed by atoms with E-state index < -0.39 is 0 Å². The molecule has 0 aromatic heterocycles. The van der Waals surface area contributed by atoms with E-state index in [2.05, 4.69) is 0 Å². The van der Waals surface area contributed by atoms with Gasteiger partial charge < -0.3 is 9.84 Å². The summed E-state index contributed by atoms with van der Waals surface area (Å²) in [5.74, 6) is 0.250. The van der Waals surface area contributed by atoms with Gasteiger partial charge in [0.1, 0.15) is 11.5 Å². The van der Waals surface area contributed by atoms with E-state index in [0.29, 0.717) is 21.9 Å². The van der Waals surface area contributed by atoms with E-state index in [9.17, 15) is 9.90 Å². The van der Waals surface area contributed by atoms with Gasteiger partial charge in [0.2, 0.25) is 0 Å². The van der Waals surface area contributed by atoms with Gasteiger partial charge in [-0.1, -0.05) is 23.7 Å². The second kappa shape index (κ2) is 5.10. The summed E-state index contributed by atoms with van der Waals surface area (Å²) in [5, 5.41) is 9.84. The van der Waals surface area contributed by atoms with Gasteiger partial charge in [0, 0.05) is 10.6 Å². The zero-order valence-electron chi connectivity index (χ0n) is 9.68. The Morgan fingerprint density at radius 1 is 1.22 bits per heavy atom. The smallest absolute Gasteiger partial charge is 0.196 e. The highest BCUT2D eigenvalue weighted by Crippen LogP contribution is 2.26. The van der Waals surface area contributed by atoms with E-state index in [1.54, 1.807) is 30.3 Å². The zero-order chi connectivity index (χ0) is 13.1. The lowest BCUT2D eigenvalue weighted by Crippen LogP contribution is -2.03. The summed E-state index contributed by atoms with van der Waals surface area (Å²) >= 11 is 5.88. The summed E-state index contributed by atoms with van der Waals surface area (Å²) in [7, 11) is 1.49. The highest BCUT2D eigenvalue weighted by atomic mass is 35.5. The molecule has 92 valence electrons. The van der Waals surface area contributed by atoms with Crippen LogP contribution in [0.25, 0.3) is 0 Å². The van der Waals surface area contributed by atoms with Crippen molar-refractivity contribution in [3.05, 3.63) is 58.6 Å². The van der Waals surface area contributed by atoms with Gasteiger partial charge in [-0.25, -0.2) is 0 Å². The van der Waals surface area contributed by atoms with Gasteiger partial charge in [-0.15, -0.1) is 0 Å². The average molecular weight is 263 g/mol. The molecule has 0 aliphatic carbocycles. The Hall–Kier alpha value is -2.00. The summed E-state index contributed by atoms with van der Waals surface area (Å²) in [5.41, 5.74) is 0.756. The van der Waals surface area contributed by atoms with Crippen LogP contribution < -0.4 is 4.74 Å². The fourth-order valence-corrected chi connectivity index (χ4v) is 1.83. The minimum absolute atomic E-state index is 0.0434. The van der Waals surface area contributed by atoms with Gasteiger partial charge in [0.25, 0.3) is 0 Å². The second-order valence-corrected chi connectivity index (χ2v) is 4.16. The van der Waals surface area contributed by atoms with Crippen molar-refractivity contribution in [2.45, 2.75) is 0 Å². The Kier molecular flexibility index (Phi) is 3.53. The standard InChI is InChI=1S/C14H11ClO3/c1-18-13-6-5-10(15)8-12(13)14(17)9-3-2-4-11(16)7-9/h2-8,16H,1H3. The normalized spacial score (nSPS) is 10.1. The first-order valence-electron chi connectivity index (χ1n) is 5.29. The molecule has 18 heavy (non-hydrogen) atoms. The van der Waals surface area contributed by atoms with E-state index >= 15 is 0 Å². The van der Waals surface area contributed by atoms with Crippen molar-refractivity contribution < 1.29 is 14.6 Å². The number of halogens is 1. The fraction of sp³-hybridized carbons (Fsp3) is 0.0714. The molecule has 0 saturated heterocycles. The van der Waals surface area contributed by atoms with Gasteiger partial charge in [-0.05, 0) is 30.3 Å². The van der Waals surface area contributed by atoms with Crippen molar-refractivity contribution >= 4 is 17.4 Å². The maximum atomic E-state index is 12.3. The number of phenols is 1. The quantitative estimate of drug-likeness (QED) is 0.864. The molecule has 0 aliphatic heterocycles. The number of hydrogen-bond donors (Lipinski definition) is 1. The Labute approximate surface area is 110 Å². The molecule has 2 rings (SSSR count). The number of ketones is 1. The monoisotopic (exact) mass is 262 g/mol. The lowest BCUT2D eigenvalue weighted by atomic mass is 10.0. The third-order valence-corrected chi connectivity index (χ3v) is 2.75. The van der Waals surface area contributed by atoms with E-state index in [-0.39, 0.29) is 11.5 Å². The minimum atomic E-state index is -0.245. The molecule has 4 heteroatoms. The molecule has 0 fully saturated rings. The molecule has 0 unspecified atom stereocenters. The van der Waals surface area contributed by atoms with Crippen molar-refractivity contribution in [3.63, 3.8) is 0 Å².